The highest BCUT2D eigenvalue weighted by Gasteiger charge is 2.06. The predicted molar refractivity (Wildman–Crippen MR) is 93.2 cm³/mol. The van der Waals surface area contributed by atoms with Gasteiger partial charge in [0.1, 0.15) is 5.75 Å². The third-order valence-corrected chi connectivity index (χ3v) is 3.92. The molecule has 0 unspecified atom stereocenters. The van der Waals surface area contributed by atoms with Gasteiger partial charge in [0.2, 0.25) is 11.8 Å². The number of carbonyl (C=O) groups excluding carboxylic acids is 2. The zero-order valence-electron chi connectivity index (χ0n) is 13.3. The molecular formula is C17H16F2N2O3S. The number of nitrogens with one attached hydrogen (secondary N) is 2. The number of carbonyl (C=O) groups is 2. The third-order valence-electron chi connectivity index (χ3n) is 2.91. The Kier molecular flexibility index (Phi) is 6.76. The number of hydrogen-bond acceptors (Lipinski definition) is 4. The first-order chi connectivity index (χ1) is 11.9. The van der Waals surface area contributed by atoms with Crippen molar-refractivity contribution in [1.29, 1.82) is 0 Å². The molecule has 132 valence electrons. The second kappa shape index (κ2) is 9.03. The number of amides is 2. The highest BCUT2D eigenvalue weighted by Crippen LogP contribution is 2.21. The molecule has 0 heterocycles. The van der Waals surface area contributed by atoms with Gasteiger partial charge < -0.3 is 15.4 Å². The molecule has 2 aromatic carbocycles. The number of thioether (sulfide) groups is 1. The molecule has 8 heteroatoms. The SMILES string of the molecule is CC(=O)Nc1ccc(SCC(=O)Nc2ccc(OC(F)F)cc2)cc1. The molecule has 0 bridgehead atoms. The summed E-state index contributed by atoms with van der Waals surface area (Å²) >= 11 is 1.34. The number of alkyl halides is 2. The normalized spacial score (nSPS) is 10.4. The molecule has 0 aliphatic rings. The van der Waals surface area contributed by atoms with Gasteiger partial charge in [-0.2, -0.15) is 8.78 Å². The molecule has 25 heavy (non-hydrogen) atoms. The summed E-state index contributed by atoms with van der Waals surface area (Å²) in [5, 5.41) is 5.33. The Morgan fingerprint density at radius 1 is 1.00 bits per heavy atom. The lowest BCUT2D eigenvalue weighted by molar-refractivity contribution is -0.114. The van der Waals surface area contributed by atoms with Gasteiger partial charge in [-0.15, -0.1) is 11.8 Å². The predicted octanol–water partition coefficient (Wildman–Crippen LogP) is 3.98. The molecule has 0 radical (unpaired) electrons. The molecule has 0 saturated carbocycles. The molecule has 2 amide bonds. The number of rotatable bonds is 7. The monoisotopic (exact) mass is 366 g/mol. The van der Waals surface area contributed by atoms with E-state index in [1.54, 1.807) is 24.3 Å². The lowest BCUT2D eigenvalue weighted by Crippen LogP contribution is -2.14. The van der Waals surface area contributed by atoms with Crippen LogP contribution in [0.5, 0.6) is 5.75 Å². The molecule has 0 spiro atoms. The van der Waals surface area contributed by atoms with Crippen LogP contribution < -0.4 is 15.4 Å². The second-order valence-corrected chi connectivity index (χ2v) is 5.99. The minimum atomic E-state index is -2.88. The first-order valence-corrected chi connectivity index (χ1v) is 8.26. The lowest BCUT2D eigenvalue weighted by atomic mass is 10.3. The number of benzene rings is 2. The summed E-state index contributed by atoms with van der Waals surface area (Å²) in [4.78, 5) is 23.7. The molecule has 0 aromatic heterocycles. The summed E-state index contributed by atoms with van der Waals surface area (Å²) in [5.74, 6) is -0.153. The van der Waals surface area contributed by atoms with Gasteiger partial charge in [-0.3, -0.25) is 9.59 Å². The molecule has 0 fully saturated rings. The Hall–Kier alpha value is -2.61. The first-order valence-electron chi connectivity index (χ1n) is 7.27. The Morgan fingerprint density at radius 2 is 1.56 bits per heavy atom. The molecule has 0 aliphatic heterocycles. The van der Waals surface area contributed by atoms with Crippen LogP contribution >= 0.6 is 11.8 Å². The van der Waals surface area contributed by atoms with E-state index >= 15 is 0 Å². The summed E-state index contributed by atoms with van der Waals surface area (Å²) < 4.78 is 28.4. The minimum absolute atomic E-state index is 0.0293. The maximum atomic E-state index is 12.1. The fourth-order valence-corrected chi connectivity index (χ4v) is 2.60. The van der Waals surface area contributed by atoms with E-state index < -0.39 is 6.61 Å². The Morgan fingerprint density at radius 3 is 2.12 bits per heavy atom. The largest absolute Gasteiger partial charge is 0.435 e. The van der Waals surface area contributed by atoms with Crippen LogP contribution in [0.25, 0.3) is 0 Å². The van der Waals surface area contributed by atoms with Crippen molar-refractivity contribution in [1.82, 2.24) is 0 Å². The van der Waals surface area contributed by atoms with E-state index in [4.69, 9.17) is 0 Å². The highest BCUT2D eigenvalue weighted by molar-refractivity contribution is 8.00. The van der Waals surface area contributed by atoms with Crippen LogP contribution in [0.2, 0.25) is 0 Å². The van der Waals surface area contributed by atoms with Crippen LogP contribution in [0.3, 0.4) is 0 Å². The van der Waals surface area contributed by atoms with Gasteiger partial charge in [0, 0.05) is 23.2 Å². The maximum Gasteiger partial charge on any atom is 0.387 e. The van der Waals surface area contributed by atoms with Crippen molar-refractivity contribution in [3.63, 3.8) is 0 Å². The van der Waals surface area contributed by atoms with E-state index in [2.05, 4.69) is 15.4 Å². The molecule has 2 rings (SSSR count). The quantitative estimate of drug-likeness (QED) is 0.728. The van der Waals surface area contributed by atoms with Crippen LogP contribution in [0, 0.1) is 0 Å². The summed E-state index contributed by atoms with van der Waals surface area (Å²) in [6, 6.07) is 12.8. The topological polar surface area (TPSA) is 67.4 Å². The van der Waals surface area contributed by atoms with Crippen LogP contribution in [0.4, 0.5) is 20.2 Å². The first kappa shape index (κ1) is 18.7. The minimum Gasteiger partial charge on any atom is -0.435 e. The lowest BCUT2D eigenvalue weighted by Gasteiger charge is -2.08. The summed E-state index contributed by atoms with van der Waals surface area (Å²) in [7, 11) is 0. The van der Waals surface area contributed by atoms with Crippen LogP contribution in [-0.2, 0) is 9.59 Å². The summed E-state index contributed by atoms with van der Waals surface area (Å²) in [5.41, 5.74) is 1.18. The van der Waals surface area contributed by atoms with Crippen molar-refractivity contribution in [2.45, 2.75) is 18.4 Å². The average Bonchev–Trinajstić information content (AvgIpc) is 2.55. The van der Waals surface area contributed by atoms with Gasteiger partial charge >= 0.3 is 6.61 Å². The Balaban J connectivity index is 1.81. The zero-order chi connectivity index (χ0) is 18.2. The second-order valence-electron chi connectivity index (χ2n) is 4.95. The fraction of sp³-hybridized carbons (Fsp3) is 0.176. The standard InChI is InChI=1S/C17H16F2N2O3S/c1-11(22)20-12-4-8-15(9-5-12)25-10-16(23)21-13-2-6-14(7-3-13)24-17(18)19/h2-9,17H,10H2,1H3,(H,20,22)(H,21,23). The van der Waals surface area contributed by atoms with Crippen LogP contribution in [0.15, 0.2) is 53.4 Å². The summed E-state index contributed by atoms with van der Waals surface area (Å²) in [6.45, 7) is -1.45. The van der Waals surface area contributed by atoms with E-state index in [0.717, 1.165) is 4.90 Å². The van der Waals surface area contributed by atoms with Gasteiger partial charge in [-0.05, 0) is 48.5 Å². The number of anilines is 2. The number of hydrogen-bond donors (Lipinski definition) is 2. The van der Waals surface area contributed by atoms with Gasteiger partial charge in [-0.1, -0.05) is 0 Å². The average molecular weight is 366 g/mol. The molecule has 5 nitrogen and oxygen atoms in total. The van der Waals surface area contributed by atoms with E-state index in [9.17, 15) is 18.4 Å². The maximum absolute atomic E-state index is 12.1. The van der Waals surface area contributed by atoms with Crippen molar-refractivity contribution < 1.29 is 23.1 Å². The number of halogens is 2. The van der Waals surface area contributed by atoms with Gasteiger partial charge in [0.15, 0.2) is 0 Å². The van der Waals surface area contributed by atoms with E-state index in [1.807, 2.05) is 0 Å². The van der Waals surface area contributed by atoms with E-state index in [0.29, 0.717) is 11.4 Å². The zero-order valence-corrected chi connectivity index (χ0v) is 14.1. The molecule has 2 N–H and O–H groups in total. The van der Waals surface area contributed by atoms with Crippen molar-refractivity contribution >= 4 is 35.0 Å². The smallest absolute Gasteiger partial charge is 0.387 e. The number of ether oxygens (including phenoxy) is 1. The third kappa shape index (κ3) is 6.80. The van der Waals surface area contributed by atoms with Gasteiger partial charge in [-0.25, -0.2) is 0 Å². The summed E-state index contributed by atoms with van der Waals surface area (Å²) in [6.07, 6.45) is 0. The molecule has 0 atom stereocenters. The molecule has 0 saturated heterocycles. The molecule has 0 aliphatic carbocycles. The van der Waals surface area contributed by atoms with Gasteiger partial charge in [0.25, 0.3) is 0 Å². The van der Waals surface area contributed by atoms with E-state index in [-0.39, 0.29) is 23.3 Å². The van der Waals surface area contributed by atoms with Crippen molar-refractivity contribution in [2.75, 3.05) is 16.4 Å². The Labute approximate surface area is 147 Å². The fourth-order valence-electron chi connectivity index (χ4n) is 1.90. The molecule has 2 aromatic rings. The van der Waals surface area contributed by atoms with Crippen molar-refractivity contribution in [2.24, 2.45) is 0 Å². The van der Waals surface area contributed by atoms with Crippen LogP contribution in [0.1, 0.15) is 6.92 Å². The van der Waals surface area contributed by atoms with Crippen LogP contribution in [-0.4, -0.2) is 24.2 Å². The van der Waals surface area contributed by atoms with Crippen molar-refractivity contribution in [3.05, 3.63) is 48.5 Å². The van der Waals surface area contributed by atoms with E-state index in [1.165, 1.54) is 43.0 Å². The van der Waals surface area contributed by atoms with Gasteiger partial charge in [0.05, 0.1) is 5.75 Å². The molecular weight excluding hydrogens is 350 g/mol. The van der Waals surface area contributed by atoms with Crippen molar-refractivity contribution in [3.8, 4) is 5.75 Å². The highest BCUT2D eigenvalue weighted by atomic mass is 32.2. The Bertz CT molecular complexity index is 722.